The molecule has 2 aromatic rings. The largest absolute Gasteiger partial charge is 0.466 e. The van der Waals surface area contributed by atoms with Crippen LogP contribution in [-0.2, 0) is 14.3 Å². The van der Waals surface area contributed by atoms with Gasteiger partial charge in [0.15, 0.2) is 11.5 Å². The van der Waals surface area contributed by atoms with E-state index in [9.17, 15) is 9.59 Å². The van der Waals surface area contributed by atoms with Gasteiger partial charge in [-0.05, 0) is 43.2 Å². The summed E-state index contributed by atoms with van der Waals surface area (Å²) >= 11 is 0. The first-order valence-corrected chi connectivity index (χ1v) is 9.15. The summed E-state index contributed by atoms with van der Waals surface area (Å²) in [5.41, 5.74) is 2.77. The lowest BCUT2D eigenvalue weighted by atomic mass is 10.0. The summed E-state index contributed by atoms with van der Waals surface area (Å²) in [6, 6.07) is 12.7. The van der Waals surface area contributed by atoms with Crippen LogP contribution in [0, 0.1) is 6.92 Å². The van der Waals surface area contributed by atoms with Crippen molar-refractivity contribution >= 4 is 18.0 Å². The molecule has 0 fully saturated rings. The van der Waals surface area contributed by atoms with Gasteiger partial charge in [-0.25, -0.2) is 0 Å². The summed E-state index contributed by atoms with van der Waals surface area (Å²) in [6.07, 6.45) is 3.19. The maximum Gasteiger partial charge on any atom is 0.308 e. The van der Waals surface area contributed by atoms with Crippen LogP contribution in [0.2, 0.25) is 0 Å². The van der Waals surface area contributed by atoms with Crippen molar-refractivity contribution in [1.82, 2.24) is 5.32 Å². The van der Waals surface area contributed by atoms with Gasteiger partial charge < -0.3 is 19.5 Å². The summed E-state index contributed by atoms with van der Waals surface area (Å²) in [6.45, 7) is 4.24. The molecule has 1 unspecified atom stereocenters. The minimum absolute atomic E-state index is 0.0699. The first kappa shape index (κ1) is 19.5. The van der Waals surface area contributed by atoms with Gasteiger partial charge >= 0.3 is 5.97 Å². The summed E-state index contributed by atoms with van der Waals surface area (Å²) in [7, 11) is 0. The van der Waals surface area contributed by atoms with Gasteiger partial charge in [-0.1, -0.05) is 35.9 Å². The van der Waals surface area contributed by atoms with Gasteiger partial charge in [0.05, 0.1) is 19.1 Å². The number of hydrogen-bond acceptors (Lipinski definition) is 5. The van der Waals surface area contributed by atoms with Crippen molar-refractivity contribution in [2.24, 2.45) is 0 Å². The van der Waals surface area contributed by atoms with Crippen LogP contribution in [0.5, 0.6) is 11.5 Å². The molecule has 6 heteroatoms. The fourth-order valence-electron chi connectivity index (χ4n) is 2.85. The second-order valence-corrected chi connectivity index (χ2v) is 6.43. The Hall–Kier alpha value is -3.28. The molecule has 2 aromatic carbocycles. The Balaban J connectivity index is 1.69. The standard InChI is InChI=1S/C22H23NO5/c1-3-26-22(25)13-18(17-8-4-15(2)5-9-17)23-21(24)11-7-16-6-10-19-20(12-16)28-14-27-19/h4-12,18H,3,13-14H2,1-2H3,(H,23,24)/b11-7+. The summed E-state index contributed by atoms with van der Waals surface area (Å²) in [4.78, 5) is 24.4. The average Bonchev–Trinajstić information content (AvgIpc) is 3.14. The van der Waals surface area contributed by atoms with E-state index in [1.54, 1.807) is 19.1 Å². The lowest BCUT2D eigenvalue weighted by Crippen LogP contribution is -2.29. The second kappa shape index (κ2) is 9.08. The monoisotopic (exact) mass is 381 g/mol. The number of fused-ring (bicyclic) bond motifs is 1. The number of esters is 1. The van der Waals surface area contributed by atoms with E-state index in [0.717, 1.165) is 16.7 Å². The lowest BCUT2D eigenvalue weighted by molar-refractivity contribution is -0.143. The van der Waals surface area contributed by atoms with Crippen molar-refractivity contribution in [2.75, 3.05) is 13.4 Å². The molecule has 1 aliphatic rings. The quantitative estimate of drug-likeness (QED) is 0.586. The van der Waals surface area contributed by atoms with Crippen LogP contribution in [0.4, 0.5) is 0 Å². The number of ether oxygens (including phenoxy) is 3. The Bertz CT molecular complexity index is 873. The predicted octanol–water partition coefficient (Wildman–Crippen LogP) is 3.55. The van der Waals surface area contributed by atoms with E-state index in [4.69, 9.17) is 14.2 Å². The zero-order valence-corrected chi connectivity index (χ0v) is 15.9. The number of amides is 1. The fourth-order valence-corrected chi connectivity index (χ4v) is 2.85. The first-order chi connectivity index (χ1) is 13.5. The third-order valence-electron chi connectivity index (χ3n) is 4.30. The molecule has 1 amide bonds. The number of nitrogens with one attached hydrogen (secondary N) is 1. The second-order valence-electron chi connectivity index (χ2n) is 6.43. The lowest BCUT2D eigenvalue weighted by Gasteiger charge is -2.18. The van der Waals surface area contributed by atoms with Gasteiger partial charge in [0.25, 0.3) is 0 Å². The number of carbonyl (C=O) groups excluding carboxylic acids is 2. The Morgan fingerprint density at radius 3 is 2.64 bits per heavy atom. The summed E-state index contributed by atoms with van der Waals surface area (Å²) in [5.74, 6) is 0.693. The molecule has 0 aromatic heterocycles. The minimum Gasteiger partial charge on any atom is -0.466 e. The zero-order chi connectivity index (χ0) is 19.9. The molecular weight excluding hydrogens is 358 g/mol. The molecule has 0 aliphatic carbocycles. The van der Waals surface area contributed by atoms with E-state index in [2.05, 4.69) is 5.32 Å². The Labute approximate surface area is 164 Å². The zero-order valence-electron chi connectivity index (χ0n) is 15.9. The van der Waals surface area contributed by atoms with Crippen LogP contribution in [0.25, 0.3) is 6.08 Å². The highest BCUT2D eigenvalue weighted by molar-refractivity contribution is 5.92. The number of hydrogen-bond donors (Lipinski definition) is 1. The highest BCUT2D eigenvalue weighted by Crippen LogP contribution is 2.32. The number of aryl methyl sites for hydroxylation is 1. The SMILES string of the molecule is CCOC(=O)CC(NC(=O)/C=C/c1ccc2c(c1)OCO2)c1ccc(C)cc1. The smallest absolute Gasteiger partial charge is 0.308 e. The molecular formula is C22H23NO5. The summed E-state index contributed by atoms with van der Waals surface area (Å²) in [5, 5.41) is 2.88. The summed E-state index contributed by atoms with van der Waals surface area (Å²) < 4.78 is 15.7. The van der Waals surface area contributed by atoms with Gasteiger partial charge in [0, 0.05) is 6.08 Å². The van der Waals surface area contributed by atoms with E-state index >= 15 is 0 Å². The van der Waals surface area contributed by atoms with E-state index in [1.807, 2.05) is 43.3 Å². The average molecular weight is 381 g/mol. The van der Waals surface area contributed by atoms with Crippen molar-refractivity contribution in [3.63, 3.8) is 0 Å². The van der Waals surface area contributed by atoms with E-state index in [-0.39, 0.29) is 25.1 Å². The Kier molecular flexibility index (Phi) is 6.32. The number of benzene rings is 2. The van der Waals surface area contributed by atoms with Crippen molar-refractivity contribution in [1.29, 1.82) is 0 Å². The molecule has 1 heterocycles. The Morgan fingerprint density at radius 1 is 1.14 bits per heavy atom. The third kappa shape index (κ3) is 5.13. The van der Waals surface area contributed by atoms with Crippen LogP contribution in [0.1, 0.15) is 36.1 Å². The molecule has 1 atom stereocenters. The molecule has 146 valence electrons. The van der Waals surface area contributed by atoms with E-state index in [0.29, 0.717) is 18.1 Å². The van der Waals surface area contributed by atoms with Crippen molar-refractivity contribution < 1.29 is 23.8 Å². The van der Waals surface area contributed by atoms with Gasteiger partial charge in [-0.15, -0.1) is 0 Å². The molecule has 0 spiro atoms. The molecule has 0 saturated carbocycles. The normalized spacial score (nSPS) is 13.4. The maximum atomic E-state index is 12.4. The predicted molar refractivity (Wildman–Crippen MR) is 105 cm³/mol. The van der Waals surface area contributed by atoms with Gasteiger partial charge in [-0.2, -0.15) is 0 Å². The van der Waals surface area contributed by atoms with Gasteiger partial charge in [0.1, 0.15) is 0 Å². The molecule has 1 aliphatic heterocycles. The first-order valence-electron chi connectivity index (χ1n) is 9.15. The number of carbonyl (C=O) groups is 2. The van der Waals surface area contributed by atoms with Crippen LogP contribution < -0.4 is 14.8 Å². The highest BCUT2D eigenvalue weighted by atomic mass is 16.7. The molecule has 0 bridgehead atoms. The van der Waals surface area contributed by atoms with Gasteiger partial charge in [-0.3, -0.25) is 9.59 Å². The number of rotatable bonds is 7. The van der Waals surface area contributed by atoms with Crippen molar-refractivity contribution in [3.05, 3.63) is 65.2 Å². The molecule has 3 rings (SSSR count). The van der Waals surface area contributed by atoms with Crippen molar-refractivity contribution in [3.8, 4) is 11.5 Å². The topological polar surface area (TPSA) is 73.9 Å². The van der Waals surface area contributed by atoms with E-state index < -0.39 is 6.04 Å². The molecule has 0 radical (unpaired) electrons. The van der Waals surface area contributed by atoms with Crippen LogP contribution in [0.3, 0.4) is 0 Å². The van der Waals surface area contributed by atoms with Crippen molar-refractivity contribution in [2.45, 2.75) is 26.3 Å². The van der Waals surface area contributed by atoms with Crippen LogP contribution in [-0.4, -0.2) is 25.3 Å². The molecule has 28 heavy (non-hydrogen) atoms. The van der Waals surface area contributed by atoms with Crippen LogP contribution >= 0.6 is 0 Å². The Morgan fingerprint density at radius 2 is 1.89 bits per heavy atom. The third-order valence-corrected chi connectivity index (χ3v) is 4.30. The minimum atomic E-state index is -0.464. The molecule has 0 saturated heterocycles. The molecule has 1 N–H and O–H groups in total. The highest BCUT2D eigenvalue weighted by Gasteiger charge is 2.18. The van der Waals surface area contributed by atoms with E-state index in [1.165, 1.54) is 6.08 Å². The van der Waals surface area contributed by atoms with Crippen LogP contribution in [0.15, 0.2) is 48.5 Å². The maximum absolute atomic E-state index is 12.4. The van der Waals surface area contributed by atoms with Gasteiger partial charge in [0.2, 0.25) is 12.7 Å². The molecule has 6 nitrogen and oxygen atoms in total. The fraction of sp³-hybridized carbons (Fsp3) is 0.273.